The van der Waals surface area contributed by atoms with Gasteiger partial charge in [0, 0.05) is 60.8 Å². The van der Waals surface area contributed by atoms with Gasteiger partial charge in [0.1, 0.15) is 22.5 Å². The quantitative estimate of drug-likeness (QED) is 0.187. The minimum absolute atomic E-state index is 0.158. The topological polar surface area (TPSA) is 136 Å². The first kappa shape index (κ1) is 31.3. The average molecular weight is 635 g/mol. The first-order valence-corrected chi connectivity index (χ1v) is 15.6. The molecule has 0 atom stereocenters. The molecule has 0 radical (unpaired) electrons. The minimum Gasteiger partial charge on any atom is -0.395 e. The van der Waals surface area contributed by atoms with Crippen LogP contribution in [0.5, 0.6) is 0 Å². The van der Waals surface area contributed by atoms with Gasteiger partial charge in [-0.3, -0.25) is 14.5 Å². The van der Waals surface area contributed by atoms with Crippen LogP contribution in [0.1, 0.15) is 44.0 Å². The van der Waals surface area contributed by atoms with Gasteiger partial charge in [0.05, 0.1) is 12.8 Å². The number of halogens is 1. The molecule has 0 spiro atoms. The van der Waals surface area contributed by atoms with Crippen molar-refractivity contribution in [1.82, 2.24) is 19.9 Å². The number of aromatic nitrogens is 3. The SMILES string of the molecule is CCc1ccc(NC(=O)c2ccc(Cl)c(C)c2)cc1NC(=O)c1ncc(Nc2cc(N3CCN(CCO)CC3)nc(C)n2)s1. The van der Waals surface area contributed by atoms with E-state index in [4.69, 9.17) is 11.6 Å². The van der Waals surface area contributed by atoms with Crippen LogP contribution in [0.3, 0.4) is 0 Å². The summed E-state index contributed by atoms with van der Waals surface area (Å²) in [4.78, 5) is 44.0. The van der Waals surface area contributed by atoms with Crippen molar-refractivity contribution in [3.63, 3.8) is 0 Å². The summed E-state index contributed by atoms with van der Waals surface area (Å²) in [7, 11) is 0. The molecular formula is C31H35ClN8O3S. The van der Waals surface area contributed by atoms with Gasteiger partial charge >= 0.3 is 0 Å². The van der Waals surface area contributed by atoms with Crippen LogP contribution in [-0.4, -0.2) is 76.1 Å². The van der Waals surface area contributed by atoms with E-state index in [0.29, 0.717) is 51.6 Å². The lowest BCUT2D eigenvalue weighted by molar-refractivity contribution is 0.101. The number of hydrogen-bond donors (Lipinski definition) is 4. The molecule has 1 fully saturated rings. The molecule has 0 unspecified atom stereocenters. The van der Waals surface area contributed by atoms with Crippen molar-refractivity contribution in [3.05, 3.63) is 81.2 Å². The standard InChI is InChI=1S/C31H35ClN8O3S/c1-4-21-5-7-23(36-29(42)22-6-8-24(32)19(2)15-22)16-25(21)37-30(43)31-33-18-28(44-31)38-26-17-27(35-20(3)34-26)40-11-9-39(10-12-40)13-14-41/h5-8,15-18,41H,4,9-14H2,1-3H3,(H,36,42)(H,37,43)(H,34,35,38). The Hall–Kier alpha value is -4.10. The van der Waals surface area contributed by atoms with Crippen LogP contribution in [0.25, 0.3) is 0 Å². The molecule has 0 bridgehead atoms. The smallest absolute Gasteiger partial charge is 0.284 e. The third-order valence-corrected chi connectivity index (χ3v) is 8.64. The second kappa shape index (κ2) is 14.1. The molecule has 11 nitrogen and oxygen atoms in total. The monoisotopic (exact) mass is 634 g/mol. The fraction of sp³-hybridized carbons (Fsp3) is 0.323. The number of β-amino-alcohol motifs (C(OH)–C–C–N with tert-alkyl or cyclic N) is 1. The minimum atomic E-state index is -0.352. The molecule has 4 N–H and O–H groups in total. The van der Waals surface area contributed by atoms with Gasteiger partial charge in [0.2, 0.25) is 0 Å². The summed E-state index contributed by atoms with van der Waals surface area (Å²) in [5.41, 5.74) is 3.39. The summed E-state index contributed by atoms with van der Waals surface area (Å²) in [5.74, 6) is 1.46. The van der Waals surface area contributed by atoms with Gasteiger partial charge in [-0.25, -0.2) is 15.0 Å². The number of thiazole rings is 1. The van der Waals surface area contributed by atoms with Crippen LogP contribution < -0.4 is 20.9 Å². The van der Waals surface area contributed by atoms with Crippen molar-refractivity contribution in [2.24, 2.45) is 0 Å². The number of nitrogens with zero attached hydrogens (tertiary/aromatic N) is 5. The largest absolute Gasteiger partial charge is 0.395 e. The third kappa shape index (κ3) is 7.69. The number of carbonyl (C=O) groups excluding carboxylic acids is 2. The maximum Gasteiger partial charge on any atom is 0.284 e. The molecule has 2 aromatic carbocycles. The number of rotatable bonds is 10. The van der Waals surface area contributed by atoms with E-state index in [1.807, 2.05) is 39.0 Å². The maximum absolute atomic E-state index is 13.2. The summed E-state index contributed by atoms with van der Waals surface area (Å²) in [6.45, 7) is 9.87. The highest BCUT2D eigenvalue weighted by Crippen LogP contribution is 2.28. The predicted molar refractivity (Wildman–Crippen MR) is 176 cm³/mol. The number of nitrogens with one attached hydrogen (secondary N) is 3. The van der Waals surface area contributed by atoms with Gasteiger partial charge in [-0.1, -0.05) is 35.9 Å². The predicted octanol–water partition coefficient (Wildman–Crippen LogP) is 5.13. The Labute approximate surface area is 265 Å². The van der Waals surface area contributed by atoms with E-state index >= 15 is 0 Å². The number of hydrogen-bond acceptors (Lipinski definition) is 10. The highest BCUT2D eigenvalue weighted by atomic mass is 35.5. The van der Waals surface area contributed by atoms with Crippen LogP contribution in [0.4, 0.5) is 28.0 Å². The highest BCUT2D eigenvalue weighted by Gasteiger charge is 2.20. The Balaban J connectivity index is 1.25. The average Bonchev–Trinajstić information content (AvgIpc) is 3.47. The van der Waals surface area contributed by atoms with E-state index in [1.54, 1.807) is 30.5 Å². The first-order chi connectivity index (χ1) is 21.2. The van der Waals surface area contributed by atoms with E-state index in [9.17, 15) is 14.7 Å². The fourth-order valence-electron chi connectivity index (χ4n) is 4.93. The Morgan fingerprint density at radius 1 is 1.00 bits per heavy atom. The molecule has 2 aromatic heterocycles. The van der Waals surface area contributed by atoms with Gasteiger partial charge < -0.3 is 26.0 Å². The number of carbonyl (C=O) groups is 2. The van der Waals surface area contributed by atoms with Crippen molar-refractivity contribution in [1.29, 1.82) is 0 Å². The summed E-state index contributed by atoms with van der Waals surface area (Å²) in [6, 6.07) is 12.4. The number of piperazine rings is 1. The second-order valence-electron chi connectivity index (χ2n) is 10.5. The van der Waals surface area contributed by atoms with Crippen LogP contribution in [0, 0.1) is 13.8 Å². The first-order valence-electron chi connectivity index (χ1n) is 14.4. The second-order valence-corrected chi connectivity index (χ2v) is 11.9. The van der Waals surface area contributed by atoms with Crippen molar-refractivity contribution < 1.29 is 14.7 Å². The highest BCUT2D eigenvalue weighted by molar-refractivity contribution is 7.17. The lowest BCUT2D eigenvalue weighted by Crippen LogP contribution is -2.47. The molecule has 13 heteroatoms. The molecule has 3 heterocycles. The Kier molecular flexibility index (Phi) is 10.1. The summed E-state index contributed by atoms with van der Waals surface area (Å²) in [6.07, 6.45) is 2.30. The van der Waals surface area contributed by atoms with Crippen molar-refractivity contribution >= 4 is 62.8 Å². The number of aryl methyl sites for hydroxylation is 3. The molecule has 1 aliphatic heterocycles. The van der Waals surface area contributed by atoms with Crippen molar-refractivity contribution in [2.75, 3.05) is 60.2 Å². The lowest BCUT2D eigenvalue weighted by Gasteiger charge is -2.35. The van der Waals surface area contributed by atoms with E-state index in [0.717, 1.165) is 43.1 Å². The molecule has 0 saturated carbocycles. The number of amides is 2. The maximum atomic E-state index is 13.2. The molecule has 44 heavy (non-hydrogen) atoms. The summed E-state index contributed by atoms with van der Waals surface area (Å²) in [5, 5.41) is 19.9. The van der Waals surface area contributed by atoms with Crippen molar-refractivity contribution in [3.8, 4) is 0 Å². The van der Waals surface area contributed by atoms with E-state index in [-0.39, 0.29) is 23.4 Å². The molecule has 2 amide bonds. The summed E-state index contributed by atoms with van der Waals surface area (Å²) < 4.78 is 0. The zero-order valence-corrected chi connectivity index (χ0v) is 26.4. The third-order valence-electron chi connectivity index (χ3n) is 7.31. The lowest BCUT2D eigenvalue weighted by atomic mass is 10.1. The number of benzene rings is 2. The van der Waals surface area contributed by atoms with Crippen LogP contribution in [0.15, 0.2) is 48.7 Å². The zero-order valence-electron chi connectivity index (χ0n) is 24.9. The van der Waals surface area contributed by atoms with Gasteiger partial charge in [0.15, 0.2) is 5.01 Å². The van der Waals surface area contributed by atoms with Gasteiger partial charge in [-0.05, 0) is 61.7 Å². The van der Waals surface area contributed by atoms with Crippen molar-refractivity contribution in [2.45, 2.75) is 27.2 Å². The van der Waals surface area contributed by atoms with Gasteiger partial charge in [0.25, 0.3) is 11.8 Å². The van der Waals surface area contributed by atoms with E-state index in [1.165, 1.54) is 11.3 Å². The summed E-state index contributed by atoms with van der Waals surface area (Å²) >= 11 is 7.32. The molecule has 1 aliphatic rings. The van der Waals surface area contributed by atoms with Crippen LogP contribution in [-0.2, 0) is 6.42 Å². The zero-order chi connectivity index (χ0) is 31.2. The Morgan fingerprint density at radius 2 is 1.80 bits per heavy atom. The molecule has 1 saturated heterocycles. The van der Waals surface area contributed by atoms with Gasteiger partial charge in [-0.2, -0.15) is 0 Å². The molecule has 230 valence electrons. The Bertz CT molecular complexity index is 1650. The molecular weight excluding hydrogens is 600 g/mol. The molecule has 4 aromatic rings. The van der Waals surface area contributed by atoms with Crippen LogP contribution in [0.2, 0.25) is 5.02 Å². The normalized spacial score (nSPS) is 13.5. The Morgan fingerprint density at radius 3 is 2.52 bits per heavy atom. The number of anilines is 5. The van der Waals surface area contributed by atoms with E-state index < -0.39 is 0 Å². The number of aliphatic hydroxyl groups excluding tert-OH is 1. The number of aliphatic hydroxyl groups is 1. The fourth-order valence-corrected chi connectivity index (χ4v) is 5.76. The molecule has 0 aliphatic carbocycles. The van der Waals surface area contributed by atoms with Gasteiger partial charge in [-0.15, -0.1) is 0 Å². The van der Waals surface area contributed by atoms with Crippen LogP contribution >= 0.6 is 22.9 Å². The van der Waals surface area contributed by atoms with E-state index in [2.05, 4.69) is 40.7 Å². The molecule has 5 rings (SSSR count).